The molecule has 0 fully saturated rings. The van der Waals surface area contributed by atoms with Gasteiger partial charge in [-0.3, -0.25) is 0 Å². The summed E-state index contributed by atoms with van der Waals surface area (Å²) in [5.41, 5.74) is 7.14. The molecule has 0 saturated carbocycles. The van der Waals surface area contributed by atoms with Gasteiger partial charge in [0.25, 0.3) is 0 Å². The van der Waals surface area contributed by atoms with E-state index in [1.807, 2.05) is 13.0 Å². The number of hydrogen-bond donors (Lipinski definition) is 4. The van der Waals surface area contributed by atoms with Crippen molar-refractivity contribution < 1.29 is 15.3 Å². The zero-order valence-corrected chi connectivity index (χ0v) is 10.1. The van der Waals surface area contributed by atoms with Gasteiger partial charge in [-0.1, -0.05) is 13.0 Å². The standard InChI is InChI=1S/C13H21NO3/c1-9(12(6-14)8-16)4-10-2-3-13(17)11(5-10)7-15/h2-3,5,9,12,15-17H,4,6-8,14H2,1H3. The van der Waals surface area contributed by atoms with Crippen LogP contribution in [0.4, 0.5) is 0 Å². The number of benzene rings is 1. The summed E-state index contributed by atoms with van der Waals surface area (Å²) in [7, 11) is 0. The molecule has 0 spiro atoms. The first-order valence-corrected chi connectivity index (χ1v) is 5.84. The summed E-state index contributed by atoms with van der Waals surface area (Å²) in [5, 5.41) is 27.7. The first-order valence-electron chi connectivity index (χ1n) is 5.84. The Morgan fingerprint density at radius 3 is 2.53 bits per heavy atom. The second kappa shape index (κ2) is 6.59. The zero-order valence-electron chi connectivity index (χ0n) is 10.1. The number of hydrogen-bond acceptors (Lipinski definition) is 4. The number of rotatable bonds is 6. The van der Waals surface area contributed by atoms with Crippen LogP contribution in [0.3, 0.4) is 0 Å². The molecule has 0 aromatic heterocycles. The maximum Gasteiger partial charge on any atom is 0.121 e. The monoisotopic (exact) mass is 239 g/mol. The Labute approximate surface area is 102 Å². The lowest BCUT2D eigenvalue weighted by molar-refractivity contribution is 0.187. The smallest absolute Gasteiger partial charge is 0.121 e. The van der Waals surface area contributed by atoms with Gasteiger partial charge in [0.15, 0.2) is 0 Å². The minimum atomic E-state index is -0.172. The third-order valence-electron chi connectivity index (χ3n) is 3.21. The summed E-state index contributed by atoms with van der Waals surface area (Å²) < 4.78 is 0. The maximum absolute atomic E-state index is 9.45. The molecular weight excluding hydrogens is 218 g/mol. The lowest BCUT2D eigenvalue weighted by atomic mass is 9.88. The average molecular weight is 239 g/mol. The Kier molecular flexibility index (Phi) is 5.41. The molecule has 4 nitrogen and oxygen atoms in total. The molecule has 0 bridgehead atoms. The Morgan fingerprint density at radius 1 is 1.29 bits per heavy atom. The van der Waals surface area contributed by atoms with Gasteiger partial charge >= 0.3 is 0 Å². The van der Waals surface area contributed by atoms with Gasteiger partial charge in [-0.05, 0) is 42.5 Å². The van der Waals surface area contributed by atoms with Crippen LogP contribution in [0, 0.1) is 11.8 Å². The van der Waals surface area contributed by atoms with Crippen LogP contribution in [-0.4, -0.2) is 28.5 Å². The van der Waals surface area contributed by atoms with Gasteiger partial charge in [0.1, 0.15) is 5.75 Å². The molecule has 1 aromatic rings. The highest BCUT2D eigenvalue weighted by atomic mass is 16.3. The van der Waals surface area contributed by atoms with Crippen LogP contribution in [0.1, 0.15) is 18.1 Å². The van der Waals surface area contributed by atoms with Crippen LogP contribution in [0.25, 0.3) is 0 Å². The Hall–Kier alpha value is -1.10. The molecule has 0 amide bonds. The molecule has 1 aromatic carbocycles. The van der Waals surface area contributed by atoms with Gasteiger partial charge in [-0.15, -0.1) is 0 Å². The van der Waals surface area contributed by atoms with Crippen molar-refractivity contribution in [2.45, 2.75) is 20.0 Å². The molecule has 0 aliphatic rings. The fourth-order valence-electron chi connectivity index (χ4n) is 1.92. The Bertz CT molecular complexity index is 351. The topological polar surface area (TPSA) is 86.7 Å². The minimum absolute atomic E-state index is 0.0846. The van der Waals surface area contributed by atoms with Crippen molar-refractivity contribution in [3.63, 3.8) is 0 Å². The van der Waals surface area contributed by atoms with Gasteiger partial charge in [0.2, 0.25) is 0 Å². The molecule has 0 radical (unpaired) electrons. The number of aliphatic hydroxyl groups is 2. The normalized spacial score (nSPS) is 14.6. The van der Waals surface area contributed by atoms with E-state index in [-0.39, 0.29) is 30.8 Å². The molecule has 1 rings (SSSR count). The third kappa shape index (κ3) is 3.70. The van der Waals surface area contributed by atoms with Crippen LogP contribution in [0.2, 0.25) is 0 Å². The van der Waals surface area contributed by atoms with Crippen LogP contribution >= 0.6 is 0 Å². The average Bonchev–Trinajstić information content (AvgIpc) is 2.33. The Balaban J connectivity index is 2.74. The van der Waals surface area contributed by atoms with Gasteiger partial charge in [-0.25, -0.2) is 0 Å². The highest BCUT2D eigenvalue weighted by molar-refractivity contribution is 5.35. The first kappa shape index (κ1) is 14.0. The van der Waals surface area contributed by atoms with Gasteiger partial charge < -0.3 is 21.1 Å². The van der Waals surface area contributed by atoms with E-state index in [1.165, 1.54) is 0 Å². The summed E-state index contributed by atoms with van der Waals surface area (Å²) in [5.74, 6) is 0.462. The van der Waals surface area contributed by atoms with Crippen molar-refractivity contribution in [3.8, 4) is 5.75 Å². The number of aromatic hydroxyl groups is 1. The van der Waals surface area contributed by atoms with E-state index in [0.717, 1.165) is 12.0 Å². The molecular formula is C13H21NO3. The van der Waals surface area contributed by atoms with E-state index >= 15 is 0 Å². The highest BCUT2D eigenvalue weighted by Gasteiger charge is 2.15. The molecule has 0 aliphatic heterocycles. The van der Waals surface area contributed by atoms with E-state index in [4.69, 9.17) is 15.9 Å². The summed E-state index contributed by atoms with van der Waals surface area (Å²) in [6.07, 6.45) is 0.774. The van der Waals surface area contributed by atoms with E-state index in [2.05, 4.69) is 0 Å². The summed E-state index contributed by atoms with van der Waals surface area (Å²) >= 11 is 0. The van der Waals surface area contributed by atoms with Crippen LogP contribution in [0.15, 0.2) is 18.2 Å². The van der Waals surface area contributed by atoms with Crippen molar-refractivity contribution in [2.24, 2.45) is 17.6 Å². The molecule has 2 unspecified atom stereocenters. The summed E-state index contributed by atoms with van der Waals surface area (Å²) in [6.45, 7) is 2.42. The van der Waals surface area contributed by atoms with Gasteiger partial charge in [0.05, 0.1) is 6.61 Å². The fraction of sp³-hybridized carbons (Fsp3) is 0.538. The zero-order chi connectivity index (χ0) is 12.8. The van der Waals surface area contributed by atoms with Crippen LogP contribution < -0.4 is 5.73 Å². The Morgan fingerprint density at radius 2 is 2.00 bits per heavy atom. The van der Waals surface area contributed by atoms with E-state index in [9.17, 15) is 5.11 Å². The molecule has 2 atom stereocenters. The second-order valence-corrected chi connectivity index (χ2v) is 4.48. The predicted molar refractivity (Wildman–Crippen MR) is 66.5 cm³/mol. The third-order valence-corrected chi connectivity index (χ3v) is 3.21. The van der Waals surface area contributed by atoms with E-state index < -0.39 is 0 Å². The number of phenols is 1. The van der Waals surface area contributed by atoms with Gasteiger partial charge in [-0.2, -0.15) is 0 Å². The minimum Gasteiger partial charge on any atom is -0.508 e. The molecule has 0 saturated heterocycles. The largest absolute Gasteiger partial charge is 0.508 e. The summed E-state index contributed by atoms with van der Waals surface area (Å²) in [4.78, 5) is 0. The van der Waals surface area contributed by atoms with Crippen molar-refractivity contribution in [1.29, 1.82) is 0 Å². The predicted octanol–water partition coefficient (Wildman–Crippen LogP) is 0.630. The quantitative estimate of drug-likeness (QED) is 0.586. The lowest BCUT2D eigenvalue weighted by Crippen LogP contribution is -2.26. The highest BCUT2D eigenvalue weighted by Crippen LogP contribution is 2.22. The van der Waals surface area contributed by atoms with Gasteiger partial charge in [0, 0.05) is 12.2 Å². The van der Waals surface area contributed by atoms with Crippen molar-refractivity contribution in [1.82, 2.24) is 0 Å². The first-order chi connectivity index (χ1) is 8.12. The van der Waals surface area contributed by atoms with Crippen LogP contribution in [0.5, 0.6) is 5.75 Å². The maximum atomic E-state index is 9.45. The number of nitrogens with two attached hydrogens (primary N) is 1. The number of aliphatic hydroxyl groups excluding tert-OH is 2. The van der Waals surface area contributed by atoms with Crippen molar-refractivity contribution in [3.05, 3.63) is 29.3 Å². The van der Waals surface area contributed by atoms with E-state index in [1.54, 1.807) is 12.1 Å². The second-order valence-electron chi connectivity index (χ2n) is 4.48. The lowest BCUT2D eigenvalue weighted by Gasteiger charge is -2.20. The fourth-order valence-corrected chi connectivity index (χ4v) is 1.92. The molecule has 4 heteroatoms. The molecule has 96 valence electrons. The molecule has 17 heavy (non-hydrogen) atoms. The van der Waals surface area contributed by atoms with Crippen molar-refractivity contribution in [2.75, 3.05) is 13.2 Å². The SMILES string of the molecule is CC(Cc1ccc(O)c(CO)c1)C(CN)CO. The van der Waals surface area contributed by atoms with Crippen LogP contribution in [-0.2, 0) is 13.0 Å². The molecule has 0 heterocycles. The van der Waals surface area contributed by atoms with E-state index in [0.29, 0.717) is 12.1 Å². The molecule has 0 aliphatic carbocycles. The van der Waals surface area contributed by atoms with Crippen molar-refractivity contribution >= 4 is 0 Å². The summed E-state index contributed by atoms with van der Waals surface area (Å²) in [6, 6.07) is 5.21. The molecule has 5 N–H and O–H groups in total.